The fourth-order valence-electron chi connectivity index (χ4n) is 5.10. The lowest BCUT2D eigenvalue weighted by Gasteiger charge is -2.20. The normalized spacial score (nSPS) is 15.1. The van der Waals surface area contributed by atoms with E-state index in [-0.39, 0.29) is 28.9 Å². The molecule has 0 fully saturated rings. The van der Waals surface area contributed by atoms with Crippen LogP contribution in [-0.2, 0) is 38.9 Å². The Hall–Kier alpha value is -3.66. The number of anilines is 1. The first-order chi connectivity index (χ1) is 18.2. The molecule has 0 aliphatic carbocycles. The van der Waals surface area contributed by atoms with Gasteiger partial charge in [0.1, 0.15) is 5.75 Å². The van der Waals surface area contributed by atoms with Gasteiger partial charge < -0.3 is 14.5 Å². The van der Waals surface area contributed by atoms with Crippen LogP contribution in [0.25, 0.3) is 11.3 Å². The van der Waals surface area contributed by atoms with Crippen molar-refractivity contribution in [2.75, 3.05) is 30.3 Å². The standard InChI is InChI=1S/C28H32N4O5S/c1-3-37-24-7-5-21(6-8-24)26-18-23-19-30(13-4-14-32(23)29-26)28(34)12-16-38(35,36)25-9-10-27-22(17-25)11-15-31(27)20(2)33/h5-10,17-18H,3-4,11-16,19H2,1-2H3. The van der Waals surface area contributed by atoms with E-state index in [2.05, 4.69) is 0 Å². The van der Waals surface area contributed by atoms with E-state index in [4.69, 9.17) is 9.84 Å². The maximum atomic E-state index is 13.1. The minimum atomic E-state index is -3.64. The largest absolute Gasteiger partial charge is 0.494 e. The molecule has 3 heterocycles. The molecule has 1 aromatic heterocycles. The van der Waals surface area contributed by atoms with Crippen LogP contribution in [0.1, 0.15) is 37.9 Å². The molecule has 2 amide bonds. The number of ether oxygens (including phenoxy) is 1. The number of hydrogen-bond acceptors (Lipinski definition) is 6. The van der Waals surface area contributed by atoms with Crippen molar-refractivity contribution < 1.29 is 22.7 Å². The number of amides is 2. The number of aryl methyl sites for hydroxylation is 1. The fraction of sp³-hybridized carbons (Fsp3) is 0.393. The molecule has 0 spiro atoms. The summed E-state index contributed by atoms with van der Waals surface area (Å²) >= 11 is 0. The molecular weight excluding hydrogens is 504 g/mol. The van der Waals surface area contributed by atoms with E-state index in [0.717, 1.165) is 40.4 Å². The van der Waals surface area contributed by atoms with Crippen LogP contribution in [0.15, 0.2) is 53.4 Å². The number of benzene rings is 2. The Morgan fingerprint density at radius 3 is 2.55 bits per heavy atom. The van der Waals surface area contributed by atoms with Gasteiger partial charge >= 0.3 is 0 Å². The van der Waals surface area contributed by atoms with Crippen LogP contribution in [0.2, 0.25) is 0 Å². The topological polar surface area (TPSA) is 102 Å². The van der Waals surface area contributed by atoms with E-state index in [9.17, 15) is 18.0 Å². The highest BCUT2D eigenvalue weighted by Gasteiger charge is 2.27. The fourth-order valence-corrected chi connectivity index (χ4v) is 6.38. The Labute approximate surface area is 222 Å². The van der Waals surface area contributed by atoms with Crippen LogP contribution >= 0.6 is 0 Å². The lowest BCUT2D eigenvalue weighted by atomic mass is 10.1. The first-order valence-corrected chi connectivity index (χ1v) is 14.6. The van der Waals surface area contributed by atoms with Crippen LogP contribution in [-0.4, -0.2) is 60.4 Å². The number of carbonyl (C=O) groups is 2. The number of sulfone groups is 1. The van der Waals surface area contributed by atoms with Crippen molar-refractivity contribution in [1.82, 2.24) is 14.7 Å². The molecule has 0 bridgehead atoms. The van der Waals surface area contributed by atoms with Gasteiger partial charge in [-0.3, -0.25) is 14.3 Å². The molecular formula is C28H32N4O5S. The second-order valence-electron chi connectivity index (χ2n) is 9.65. The highest BCUT2D eigenvalue weighted by molar-refractivity contribution is 7.91. The molecule has 0 saturated heterocycles. The summed E-state index contributed by atoms with van der Waals surface area (Å²) in [5.74, 6) is 0.306. The van der Waals surface area contributed by atoms with E-state index >= 15 is 0 Å². The molecule has 9 nitrogen and oxygen atoms in total. The highest BCUT2D eigenvalue weighted by atomic mass is 32.2. The third-order valence-corrected chi connectivity index (χ3v) is 8.81. The van der Waals surface area contributed by atoms with Crippen molar-refractivity contribution in [2.24, 2.45) is 0 Å². The third-order valence-electron chi connectivity index (χ3n) is 7.10. The second kappa shape index (κ2) is 10.6. The lowest BCUT2D eigenvalue weighted by Crippen LogP contribution is -2.32. The SMILES string of the molecule is CCOc1ccc(-c2cc3n(n2)CCCN(C(=O)CCS(=O)(=O)c2ccc4c(c2)CCN4C(C)=O)C3)cc1. The van der Waals surface area contributed by atoms with E-state index in [1.165, 1.54) is 13.0 Å². The number of hydrogen-bond donors (Lipinski definition) is 0. The average Bonchev–Trinajstić information content (AvgIpc) is 3.46. The van der Waals surface area contributed by atoms with Gasteiger partial charge in [0.25, 0.3) is 0 Å². The number of rotatable bonds is 7. The molecule has 10 heteroatoms. The van der Waals surface area contributed by atoms with Crippen molar-refractivity contribution >= 4 is 27.3 Å². The van der Waals surface area contributed by atoms with Gasteiger partial charge in [0.2, 0.25) is 11.8 Å². The van der Waals surface area contributed by atoms with Gasteiger partial charge in [-0.25, -0.2) is 8.42 Å². The molecule has 2 aromatic carbocycles. The zero-order chi connectivity index (χ0) is 26.9. The Kier molecular flexibility index (Phi) is 7.25. The minimum absolute atomic E-state index is 0.0599. The van der Waals surface area contributed by atoms with Crippen molar-refractivity contribution in [3.05, 3.63) is 59.8 Å². The smallest absolute Gasteiger partial charge is 0.223 e. The molecule has 0 N–H and O–H groups in total. The van der Waals surface area contributed by atoms with Crippen LogP contribution in [0.5, 0.6) is 5.75 Å². The van der Waals surface area contributed by atoms with Crippen LogP contribution in [0, 0.1) is 0 Å². The molecule has 3 aromatic rings. The second-order valence-corrected chi connectivity index (χ2v) is 11.8. The zero-order valence-electron chi connectivity index (χ0n) is 21.7. The quantitative estimate of drug-likeness (QED) is 0.458. The number of nitrogens with zero attached hydrogens (tertiary/aromatic N) is 4. The van der Waals surface area contributed by atoms with Gasteiger partial charge in [0, 0.05) is 44.2 Å². The van der Waals surface area contributed by atoms with Crippen LogP contribution in [0.4, 0.5) is 5.69 Å². The third kappa shape index (κ3) is 5.31. The van der Waals surface area contributed by atoms with Gasteiger partial charge in [0.05, 0.1) is 35.2 Å². The van der Waals surface area contributed by atoms with E-state index in [1.807, 2.05) is 41.9 Å². The van der Waals surface area contributed by atoms with E-state index in [1.54, 1.807) is 21.9 Å². The molecule has 0 unspecified atom stereocenters. The molecule has 5 rings (SSSR count). The molecule has 38 heavy (non-hydrogen) atoms. The number of aromatic nitrogens is 2. The summed E-state index contributed by atoms with van der Waals surface area (Å²) in [6.45, 7) is 6.25. The Balaban J connectivity index is 1.24. The Morgan fingerprint density at radius 1 is 1.03 bits per heavy atom. The minimum Gasteiger partial charge on any atom is -0.494 e. The zero-order valence-corrected chi connectivity index (χ0v) is 22.5. The monoisotopic (exact) mass is 536 g/mol. The van der Waals surface area contributed by atoms with E-state index in [0.29, 0.717) is 39.2 Å². The molecule has 2 aliphatic heterocycles. The molecule has 0 saturated carbocycles. The Morgan fingerprint density at radius 2 is 1.82 bits per heavy atom. The summed E-state index contributed by atoms with van der Waals surface area (Å²) in [5, 5.41) is 4.74. The predicted molar refractivity (Wildman–Crippen MR) is 144 cm³/mol. The predicted octanol–water partition coefficient (Wildman–Crippen LogP) is 3.45. The molecule has 0 atom stereocenters. The van der Waals surface area contributed by atoms with Crippen LogP contribution < -0.4 is 9.64 Å². The lowest BCUT2D eigenvalue weighted by molar-refractivity contribution is -0.131. The summed E-state index contributed by atoms with van der Waals surface area (Å²) in [6.07, 6.45) is 1.28. The van der Waals surface area contributed by atoms with Crippen molar-refractivity contribution in [1.29, 1.82) is 0 Å². The molecule has 200 valence electrons. The number of carbonyl (C=O) groups excluding carboxylic acids is 2. The number of fused-ring (bicyclic) bond motifs is 2. The first kappa shape index (κ1) is 26.0. The van der Waals surface area contributed by atoms with Gasteiger partial charge in [-0.2, -0.15) is 5.10 Å². The molecule has 0 radical (unpaired) electrons. The van der Waals surface area contributed by atoms with Gasteiger partial charge in [-0.15, -0.1) is 0 Å². The summed E-state index contributed by atoms with van der Waals surface area (Å²) in [4.78, 5) is 28.5. The summed E-state index contributed by atoms with van der Waals surface area (Å²) in [7, 11) is -3.64. The summed E-state index contributed by atoms with van der Waals surface area (Å²) in [5.41, 5.74) is 4.34. The Bertz CT molecular complexity index is 1460. The molecule has 2 aliphatic rings. The maximum Gasteiger partial charge on any atom is 0.223 e. The van der Waals surface area contributed by atoms with Crippen molar-refractivity contribution in [3.63, 3.8) is 0 Å². The van der Waals surface area contributed by atoms with E-state index < -0.39 is 9.84 Å². The van der Waals surface area contributed by atoms with Gasteiger partial charge in [-0.1, -0.05) is 0 Å². The maximum absolute atomic E-state index is 13.1. The highest BCUT2D eigenvalue weighted by Crippen LogP contribution is 2.31. The van der Waals surface area contributed by atoms with Crippen LogP contribution in [0.3, 0.4) is 0 Å². The average molecular weight is 537 g/mol. The summed E-state index contributed by atoms with van der Waals surface area (Å²) < 4.78 is 33.6. The first-order valence-electron chi connectivity index (χ1n) is 13.0. The van der Waals surface area contributed by atoms with Gasteiger partial charge in [0.15, 0.2) is 9.84 Å². The summed E-state index contributed by atoms with van der Waals surface area (Å²) in [6, 6.07) is 14.6. The van der Waals surface area contributed by atoms with Gasteiger partial charge in [-0.05, 0) is 73.9 Å². The van der Waals surface area contributed by atoms with Crippen molar-refractivity contribution in [3.8, 4) is 17.0 Å². The van der Waals surface area contributed by atoms with Crippen molar-refractivity contribution in [2.45, 2.75) is 51.1 Å².